The van der Waals surface area contributed by atoms with Gasteiger partial charge in [-0.1, -0.05) is 12.1 Å². The van der Waals surface area contributed by atoms with Crippen LogP contribution < -0.4 is 10.6 Å². The maximum atomic E-state index is 13.1. The highest BCUT2D eigenvalue weighted by Gasteiger charge is 1.99. The number of halogens is 1. The fraction of sp³-hybridized carbons (Fsp3) is 0.312. The molecule has 2 aromatic rings. The Bertz CT molecular complexity index is 567. The van der Waals surface area contributed by atoms with Crippen LogP contribution in [0.15, 0.2) is 46.1 Å². The predicted octanol–water partition coefficient (Wildman–Crippen LogP) is 3.19. The first kappa shape index (κ1) is 15.5. The van der Waals surface area contributed by atoms with Crippen LogP contribution in [0.2, 0.25) is 0 Å². The van der Waals surface area contributed by atoms with Crippen molar-refractivity contribution in [2.75, 3.05) is 13.6 Å². The maximum Gasteiger partial charge on any atom is 0.191 e. The number of hydrogen-bond acceptors (Lipinski definition) is 2. The molecule has 0 fully saturated rings. The molecule has 0 spiro atoms. The van der Waals surface area contributed by atoms with E-state index in [4.69, 9.17) is 0 Å². The van der Waals surface area contributed by atoms with Crippen molar-refractivity contribution in [3.8, 4) is 0 Å². The van der Waals surface area contributed by atoms with Crippen molar-refractivity contribution in [1.82, 2.24) is 10.6 Å². The van der Waals surface area contributed by atoms with Gasteiger partial charge in [-0.2, -0.15) is 11.3 Å². The van der Waals surface area contributed by atoms with Crippen LogP contribution in [-0.2, 0) is 13.0 Å². The zero-order valence-corrected chi connectivity index (χ0v) is 12.9. The third-order valence-electron chi connectivity index (χ3n) is 3.09. The van der Waals surface area contributed by atoms with Gasteiger partial charge in [0.2, 0.25) is 0 Å². The summed E-state index contributed by atoms with van der Waals surface area (Å²) in [6, 6.07) is 8.85. The summed E-state index contributed by atoms with van der Waals surface area (Å²) in [5, 5.41) is 10.7. The molecule has 0 saturated carbocycles. The molecule has 1 heterocycles. The van der Waals surface area contributed by atoms with E-state index in [1.165, 1.54) is 11.6 Å². The van der Waals surface area contributed by atoms with Crippen LogP contribution in [-0.4, -0.2) is 19.6 Å². The van der Waals surface area contributed by atoms with Gasteiger partial charge in [0.25, 0.3) is 0 Å². The van der Waals surface area contributed by atoms with Crippen LogP contribution in [0, 0.1) is 5.82 Å². The second-order valence-electron chi connectivity index (χ2n) is 4.72. The number of aryl methyl sites for hydroxylation is 1. The first-order chi connectivity index (χ1) is 10.3. The minimum Gasteiger partial charge on any atom is -0.356 e. The molecular formula is C16H20FN3S. The van der Waals surface area contributed by atoms with Crippen molar-refractivity contribution in [3.63, 3.8) is 0 Å². The highest BCUT2D eigenvalue weighted by Crippen LogP contribution is 2.06. The quantitative estimate of drug-likeness (QED) is 0.488. The summed E-state index contributed by atoms with van der Waals surface area (Å²) in [5.41, 5.74) is 2.28. The van der Waals surface area contributed by atoms with Gasteiger partial charge in [-0.15, -0.1) is 0 Å². The van der Waals surface area contributed by atoms with Gasteiger partial charge in [0.15, 0.2) is 5.96 Å². The normalized spacial score (nSPS) is 11.4. The van der Waals surface area contributed by atoms with E-state index in [1.54, 1.807) is 30.5 Å². The predicted molar refractivity (Wildman–Crippen MR) is 87.2 cm³/mol. The largest absolute Gasteiger partial charge is 0.356 e. The molecule has 2 rings (SSSR count). The molecular weight excluding hydrogens is 285 g/mol. The maximum absolute atomic E-state index is 13.1. The van der Waals surface area contributed by atoms with Gasteiger partial charge in [0, 0.05) is 20.1 Å². The molecule has 1 aromatic heterocycles. The van der Waals surface area contributed by atoms with Crippen molar-refractivity contribution >= 4 is 17.3 Å². The van der Waals surface area contributed by atoms with Crippen LogP contribution in [0.3, 0.4) is 0 Å². The topological polar surface area (TPSA) is 36.4 Å². The summed E-state index contributed by atoms with van der Waals surface area (Å²) in [6.07, 6.45) is 1.79. The average molecular weight is 305 g/mol. The Hall–Kier alpha value is -1.88. The zero-order chi connectivity index (χ0) is 14.9. The van der Waals surface area contributed by atoms with Crippen LogP contribution in [0.1, 0.15) is 17.5 Å². The molecule has 112 valence electrons. The smallest absolute Gasteiger partial charge is 0.191 e. The van der Waals surface area contributed by atoms with E-state index in [2.05, 4.69) is 32.5 Å². The van der Waals surface area contributed by atoms with Gasteiger partial charge in [-0.25, -0.2) is 4.39 Å². The minimum atomic E-state index is -0.173. The second kappa shape index (κ2) is 8.42. The zero-order valence-electron chi connectivity index (χ0n) is 12.1. The Morgan fingerprint density at radius 2 is 2.14 bits per heavy atom. The van der Waals surface area contributed by atoms with Crippen LogP contribution >= 0.6 is 11.3 Å². The Kier molecular flexibility index (Phi) is 6.22. The summed E-state index contributed by atoms with van der Waals surface area (Å²) in [4.78, 5) is 4.18. The summed E-state index contributed by atoms with van der Waals surface area (Å²) in [7, 11) is 1.76. The Morgan fingerprint density at radius 3 is 2.86 bits per heavy atom. The lowest BCUT2D eigenvalue weighted by Crippen LogP contribution is -2.37. The number of hydrogen-bond donors (Lipinski definition) is 2. The summed E-state index contributed by atoms with van der Waals surface area (Å²) >= 11 is 1.69. The molecule has 0 amide bonds. The number of guanidine groups is 1. The molecule has 0 unspecified atom stereocenters. The number of nitrogens with one attached hydrogen (secondary N) is 2. The molecule has 0 aliphatic carbocycles. The molecule has 0 atom stereocenters. The fourth-order valence-corrected chi connectivity index (χ4v) is 2.66. The van der Waals surface area contributed by atoms with E-state index in [0.29, 0.717) is 0 Å². The van der Waals surface area contributed by atoms with Gasteiger partial charge >= 0.3 is 0 Å². The number of rotatable bonds is 6. The number of benzene rings is 1. The van der Waals surface area contributed by atoms with Crippen molar-refractivity contribution in [2.45, 2.75) is 19.4 Å². The molecule has 21 heavy (non-hydrogen) atoms. The van der Waals surface area contributed by atoms with E-state index in [-0.39, 0.29) is 5.82 Å². The average Bonchev–Trinajstić information content (AvgIpc) is 3.00. The van der Waals surface area contributed by atoms with E-state index in [9.17, 15) is 4.39 Å². The first-order valence-electron chi connectivity index (χ1n) is 6.98. The molecule has 3 nitrogen and oxygen atoms in total. The van der Waals surface area contributed by atoms with E-state index in [0.717, 1.165) is 37.5 Å². The highest BCUT2D eigenvalue weighted by molar-refractivity contribution is 7.07. The third-order valence-corrected chi connectivity index (χ3v) is 3.82. The van der Waals surface area contributed by atoms with Crippen molar-refractivity contribution in [1.29, 1.82) is 0 Å². The fourth-order valence-electron chi connectivity index (χ4n) is 1.99. The number of aliphatic imine (C=N–C) groups is 1. The molecule has 0 radical (unpaired) electrons. The summed E-state index contributed by atoms with van der Waals surface area (Å²) < 4.78 is 13.1. The third kappa shape index (κ3) is 5.55. The molecule has 0 bridgehead atoms. The van der Waals surface area contributed by atoms with E-state index in [1.807, 2.05) is 6.07 Å². The van der Waals surface area contributed by atoms with Crippen LogP contribution in [0.5, 0.6) is 0 Å². The SMILES string of the molecule is CN=C(NCCCc1cccc(F)c1)NCc1ccsc1. The van der Waals surface area contributed by atoms with Gasteiger partial charge in [-0.3, -0.25) is 4.99 Å². The van der Waals surface area contributed by atoms with Crippen LogP contribution in [0.25, 0.3) is 0 Å². The van der Waals surface area contributed by atoms with Gasteiger partial charge in [-0.05, 0) is 52.9 Å². The van der Waals surface area contributed by atoms with E-state index < -0.39 is 0 Å². The molecule has 0 aliphatic rings. The number of nitrogens with zero attached hydrogens (tertiary/aromatic N) is 1. The monoisotopic (exact) mass is 305 g/mol. The lowest BCUT2D eigenvalue weighted by molar-refractivity contribution is 0.624. The van der Waals surface area contributed by atoms with Gasteiger partial charge < -0.3 is 10.6 Å². The minimum absolute atomic E-state index is 0.173. The molecule has 0 aliphatic heterocycles. The summed E-state index contributed by atoms with van der Waals surface area (Å²) in [5.74, 6) is 0.620. The summed E-state index contributed by atoms with van der Waals surface area (Å²) in [6.45, 7) is 1.58. The first-order valence-corrected chi connectivity index (χ1v) is 7.92. The van der Waals surface area contributed by atoms with Crippen molar-refractivity contribution in [3.05, 3.63) is 58.0 Å². The molecule has 1 aromatic carbocycles. The Balaban J connectivity index is 1.66. The lowest BCUT2D eigenvalue weighted by Gasteiger charge is -2.11. The van der Waals surface area contributed by atoms with Crippen LogP contribution in [0.4, 0.5) is 4.39 Å². The van der Waals surface area contributed by atoms with Crippen molar-refractivity contribution in [2.24, 2.45) is 4.99 Å². The second-order valence-corrected chi connectivity index (χ2v) is 5.50. The Morgan fingerprint density at radius 1 is 1.24 bits per heavy atom. The highest BCUT2D eigenvalue weighted by atomic mass is 32.1. The molecule has 2 N–H and O–H groups in total. The number of thiophene rings is 1. The lowest BCUT2D eigenvalue weighted by atomic mass is 10.1. The molecule has 0 saturated heterocycles. The van der Waals surface area contributed by atoms with E-state index >= 15 is 0 Å². The Labute approximate surface area is 128 Å². The van der Waals surface area contributed by atoms with Gasteiger partial charge in [0.1, 0.15) is 5.82 Å². The van der Waals surface area contributed by atoms with Crippen molar-refractivity contribution < 1.29 is 4.39 Å². The molecule has 5 heteroatoms. The van der Waals surface area contributed by atoms with Gasteiger partial charge in [0.05, 0.1) is 0 Å². The standard InChI is InChI=1S/C16H20FN3S/c1-18-16(20-11-14-7-9-21-12-14)19-8-3-5-13-4-2-6-15(17)10-13/h2,4,6-7,9-10,12H,3,5,8,11H2,1H3,(H2,18,19,20).